The van der Waals surface area contributed by atoms with E-state index in [1.807, 2.05) is 11.0 Å². The minimum Gasteiger partial charge on any atom is -0.296 e. The van der Waals surface area contributed by atoms with Crippen molar-refractivity contribution in [1.29, 1.82) is 0 Å². The Morgan fingerprint density at radius 3 is 2.35 bits per heavy atom. The van der Waals surface area contributed by atoms with Crippen molar-refractivity contribution in [3.63, 3.8) is 0 Å². The minimum atomic E-state index is -4.66. The van der Waals surface area contributed by atoms with Crippen LogP contribution in [-0.2, 0) is 13.2 Å². The summed E-state index contributed by atoms with van der Waals surface area (Å²) in [5.74, 6) is -1.19. The molecule has 0 aliphatic carbocycles. The van der Waals surface area contributed by atoms with E-state index in [4.69, 9.17) is 0 Å². The Balaban J connectivity index is 1.64. The highest BCUT2D eigenvalue weighted by Gasteiger charge is 2.39. The van der Waals surface area contributed by atoms with Crippen LogP contribution in [0, 0.1) is 0 Å². The van der Waals surface area contributed by atoms with Crippen LogP contribution in [0.25, 0.3) is 0 Å². The number of halogens is 3. The number of ketones is 1. The zero-order valence-corrected chi connectivity index (χ0v) is 14.2. The molecule has 1 fully saturated rings. The standard InChI is InChI=1S/C17H19F3N4O2/c1-22-15(17(18,19)20)21-24(16(22)26)13-7-9-23(10-8-13)11-14(25)12-5-3-2-4-6-12/h2-6,13H,7-11H2,1H3. The summed E-state index contributed by atoms with van der Waals surface area (Å²) in [4.78, 5) is 26.3. The SMILES string of the molecule is Cn1c(C(F)(F)F)nn(C2CCN(CC(=O)c3ccccc3)CC2)c1=O. The topological polar surface area (TPSA) is 60.1 Å². The number of Topliss-reactive ketones (excluding diaryl/α,β-unsaturated/α-hetero) is 1. The largest absolute Gasteiger partial charge is 0.451 e. The number of carbonyl (C=O) groups is 1. The Morgan fingerprint density at radius 2 is 1.81 bits per heavy atom. The lowest BCUT2D eigenvalue weighted by Gasteiger charge is -2.31. The van der Waals surface area contributed by atoms with Crippen molar-refractivity contribution in [3.8, 4) is 0 Å². The number of likely N-dealkylation sites (tertiary alicyclic amines) is 1. The smallest absolute Gasteiger partial charge is 0.296 e. The zero-order chi connectivity index (χ0) is 18.9. The van der Waals surface area contributed by atoms with E-state index in [0.717, 1.165) is 11.7 Å². The lowest BCUT2D eigenvalue weighted by molar-refractivity contribution is -0.147. The summed E-state index contributed by atoms with van der Waals surface area (Å²) < 4.78 is 40.1. The summed E-state index contributed by atoms with van der Waals surface area (Å²) in [7, 11) is 1.07. The first-order valence-electron chi connectivity index (χ1n) is 8.30. The van der Waals surface area contributed by atoms with Crippen molar-refractivity contribution in [2.75, 3.05) is 19.6 Å². The van der Waals surface area contributed by atoms with Gasteiger partial charge >= 0.3 is 11.9 Å². The van der Waals surface area contributed by atoms with Crippen molar-refractivity contribution < 1.29 is 18.0 Å². The highest BCUT2D eigenvalue weighted by molar-refractivity contribution is 5.97. The molecule has 0 radical (unpaired) electrons. The van der Waals surface area contributed by atoms with Gasteiger partial charge < -0.3 is 0 Å². The molecule has 0 unspecified atom stereocenters. The van der Waals surface area contributed by atoms with Gasteiger partial charge in [0.05, 0.1) is 12.6 Å². The van der Waals surface area contributed by atoms with Gasteiger partial charge in [-0.3, -0.25) is 14.3 Å². The average molecular weight is 368 g/mol. The number of hydrogen-bond acceptors (Lipinski definition) is 4. The van der Waals surface area contributed by atoms with Gasteiger partial charge in [0.1, 0.15) is 0 Å². The molecular formula is C17H19F3N4O2. The summed E-state index contributed by atoms with van der Waals surface area (Å²) >= 11 is 0. The zero-order valence-electron chi connectivity index (χ0n) is 14.2. The van der Waals surface area contributed by atoms with Gasteiger partial charge in [-0.2, -0.15) is 13.2 Å². The third-order valence-electron chi connectivity index (χ3n) is 4.62. The van der Waals surface area contributed by atoms with E-state index >= 15 is 0 Å². The van der Waals surface area contributed by atoms with E-state index in [1.165, 1.54) is 0 Å². The number of aromatic nitrogens is 3. The second kappa shape index (κ2) is 7.06. The normalized spacial score (nSPS) is 16.8. The molecule has 2 heterocycles. The molecule has 1 saturated heterocycles. The quantitative estimate of drug-likeness (QED) is 0.776. The van der Waals surface area contributed by atoms with E-state index in [9.17, 15) is 22.8 Å². The first-order chi connectivity index (χ1) is 12.3. The fourth-order valence-electron chi connectivity index (χ4n) is 3.18. The number of carbonyl (C=O) groups excluding carboxylic acids is 1. The number of alkyl halides is 3. The van der Waals surface area contributed by atoms with Crippen molar-refractivity contribution in [2.24, 2.45) is 7.05 Å². The summed E-state index contributed by atoms with van der Waals surface area (Å²) in [6.45, 7) is 1.29. The van der Waals surface area contributed by atoms with Crippen LogP contribution in [0.5, 0.6) is 0 Å². The van der Waals surface area contributed by atoms with Crippen LogP contribution in [-0.4, -0.2) is 44.7 Å². The minimum absolute atomic E-state index is 0.00147. The maximum Gasteiger partial charge on any atom is 0.451 e. The Morgan fingerprint density at radius 1 is 1.19 bits per heavy atom. The molecule has 0 spiro atoms. The Hall–Kier alpha value is -2.42. The van der Waals surface area contributed by atoms with Crippen molar-refractivity contribution in [1.82, 2.24) is 19.2 Å². The molecule has 26 heavy (non-hydrogen) atoms. The van der Waals surface area contributed by atoms with E-state index in [-0.39, 0.29) is 12.3 Å². The summed E-state index contributed by atoms with van der Waals surface area (Å²) in [5.41, 5.74) is -0.137. The van der Waals surface area contributed by atoms with Crippen LogP contribution in [0.15, 0.2) is 35.1 Å². The molecule has 1 aliphatic heterocycles. The highest BCUT2D eigenvalue weighted by atomic mass is 19.4. The molecule has 9 heteroatoms. The number of hydrogen-bond donors (Lipinski definition) is 0. The lowest BCUT2D eigenvalue weighted by atomic mass is 10.0. The monoisotopic (exact) mass is 368 g/mol. The predicted octanol–water partition coefficient (Wildman–Crippen LogP) is 2.12. The molecule has 6 nitrogen and oxygen atoms in total. The Bertz CT molecular complexity index is 834. The highest BCUT2D eigenvalue weighted by Crippen LogP contribution is 2.28. The van der Waals surface area contributed by atoms with E-state index < -0.39 is 23.7 Å². The van der Waals surface area contributed by atoms with Gasteiger partial charge in [-0.25, -0.2) is 9.48 Å². The molecule has 0 bridgehead atoms. The molecule has 3 rings (SSSR count). The molecule has 0 atom stereocenters. The van der Waals surface area contributed by atoms with Crippen LogP contribution in [0.4, 0.5) is 13.2 Å². The fourth-order valence-corrected chi connectivity index (χ4v) is 3.18. The Labute approximate surface area is 147 Å². The van der Waals surface area contributed by atoms with Crippen molar-refractivity contribution >= 4 is 5.78 Å². The van der Waals surface area contributed by atoms with Crippen LogP contribution >= 0.6 is 0 Å². The van der Waals surface area contributed by atoms with Gasteiger partial charge in [-0.05, 0) is 12.8 Å². The molecule has 140 valence electrons. The van der Waals surface area contributed by atoms with Crippen LogP contribution in [0.2, 0.25) is 0 Å². The van der Waals surface area contributed by atoms with E-state index in [0.29, 0.717) is 36.1 Å². The molecule has 1 aromatic heterocycles. The second-order valence-corrected chi connectivity index (χ2v) is 6.40. The first-order valence-corrected chi connectivity index (χ1v) is 8.30. The number of benzene rings is 1. The number of piperidine rings is 1. The first kappa shape index (κ1) is 18.4. The van der Waals surface area contributed by atoms with E-state index in [1.54, 1.807) is 24.3 Å². The Kier molecular flexibility index (Phi) is 4.99. The van der Waals surface area contributed by atoms with Gasteiger partial charge in [-0.1, -0.05) is 30.3 Å². The van der Waals surface area contributed by atoms with E-state index in [2.05, 4.69) is 5.10 Å². The summed E-state index contributed by atoms with van der Waals surface area (Å²) in [5, 5.41) is 3.49. The summed E-state index contributed by atoms with van der Waals surface area (Å²) in [6.07, 6.45) is -3.73. The molecule has 2 aromatic rings. The average Bonchev–Trinajstić information content (AvgIpc) is 2.92. The molecule has 0 amide bonds. The number of nitrogens with zero attached hydrogens (tertiary/aromatic N) is 4. The van der Waals surface area contributed by atoms with Crippen LogP contribution in [0.1, 0.15) is 35.1 Å². The van der Waals surface area contributed by atoms with Crippen LogP contribution < -0.4 is 5.69 Å². The predicted molar refractivity (Wildman–Crippen MR) is 88.0 cm³/mol. The molecule has 0 saturated carbocycles. The lowest BCUT2D eigenvalue weighted by Crippen LogP contribution is -2.40. The van der Waals surface area contributed by atoms with Crippen molar-refractivity contribution in [3.05, 3.63) is 52.2 Å². The van der Waals surface area contributed by atoms with Gasteiger partial charge in [0.2, 0.25) is 5.82 Å². The third-order valence-corrected chi connectivity index (χ3v) is 4.62. The third kappa shape index (κ3) is 3.72. The fraction of sp³-hybridized carbons (Fsp3) is 0.471. The summed E-state index contributed by atoms with van der Waals surface area (Å²) in [6, 6.07) is 8.54. The van der Waals surface area contributed by atoms with Gasteiger partial charge in [0.15, 0.2) is 5.78 Å². The maximum absolute atomic E-state index is 12.9. The maximum atomic E-state index is 12.9. The second-order valence-electron chi connectivity index (χ2n) is 6.40. The van der Waals surface area contributed by atoms with Gasteiger partial charge in [-0.15, -0.1) is 5.10 Å². The number of rotatable bonds is 4. The van der Waals surface area contributed by atoms with Gasteiger partial charge in [0, 0.05) is 25.7 Å². The molecule has 1 aromatic carbocycles. The van der Waals surface area contributed by atoms with Crippen molar-refractivity contribution in [2.45, 2.75) is 25.1 Å². The van der Waals surface area contributed by atoms with Gasteiger partial charge in [0.25, 0.3) is 0 Å². The molecule has 1 aliphatic rings. The molecular weight excluding hydrogens is 349 g/mol. The van der Waals surface area contributed by atoms with Crippen LogP contribution in [0.3, 0.4) is 0 Å². The molecule has 0 N–H and O–H groups in total.